The molecular weight excluding hydrogens is 230 g/mol. The van der Waals surface area contributed by atoms with Crippen LogP contribution in [0.1, 0.15) is 18.5 Å². The van der Waals surface area contributed by atoms with Gasteiger partial charge < -0.3 is 4.79 Å². The first-order valence-electron chi connectivity index (χ1n) is 5.04. The molecule has 0 radical (unpaired) electrons. The number of aromatic amines is 1. The average Bonchev–Trinajstić information content (AvgIpc) is 2.85. The van der Waals surface area contributed by atoms with Gasteiger partial charge in [-0.15, -0.1) is 0 Å². The van der Waals surface area contributed by atoms with Crippen molar-refractivity contribution in [2.75, 3.05) is 6.54 Å². The van der Waals surface area contributed by atoms with E-state index < -0.39 is 16.1 Å². The largest absolute Gasteiger partial charge is 0.302 e. The zero-order chi connectivity index (χ0) is 11.8. The molecule has 1 saturated heterocycles. The van der Waals surface area contributed by atoms with Gasteiger partial charge in [0.05, 0.1) is 17.9 Å². The molecule has 2 rings (SSSR count). The molecule has 88 valence electrons. The molecule has 1 aliphatic rings. The third-order valence-electron chi connectivity index (χ3n) is 2.78. The summed E-state index contributed by atoms with van der Waals surface area (Å²) in [5.74, 6) is 0. The molecule has 1 aromatic rings. The molecular formula is C9H13N3O3S. The number of hydrogen-bond acceptors (Lipinski definition) is 4. The molecule has 0 aromatic carbocycles. The summed E-state index contributed by atoms with van der Waals surface area (Å²) in [5, 5.41) is 6.28. The second kappa shape index (κ2) is 3.99. The molecule has 0 amide bonds. The van der Waals surface area contributed by atoms with Crippen molar-refractivity contribution in [3.05, 3.63) is 11.9 Å². The van der Waals surface area contributed by atoms with Gasteiger partial charge in [0.2, 0.25) is 10.0 Å². The SMILES string of the molecule is Cc1[nH]ncc1S(=O)(=O)N1CCC[C@H]1C=O. The Morgan fingerprint density at radius 1 is 1.62 bits per heavy atom. The van der Waals surface area contributed by atoms with Crippen molar-refractivity contribution in [3.63, 3.8) is 0 Å². The van der Waals surface area contributed by atoms with Gasteiger partial charge in [0.25, 0.3) is 0 Å². The Morgan fingerprint density at radius 2 is 2.38 bits per heavy atom. The molecule has 1 fully saturated rings. The Hall–Kier alpha value is -1.21. The van der Waals surface area contributed by atoms with Gasteiger partial charge in [0, 0.05) is 6.54 Å². The molecule has 6 nitrogen and oxygen atoms in total. The smallest absolute Gasteiger partial charge is 0.247 e. The van der Waals surface area contributed by atoms with Gasteiger partial charge in [0.15, 0.2) is 0 Å². The number of nitrogens with one attached hydrogen (secondary N) is 1. The Kier molecular flexibility index (Phi) is 2.81. The van der Waals surface area contributed by atoms with E-state index in [4.69, 9.17) is 0 Å². The zero-order valence-electron chi connectivity index (χ0n) is 8.88. The standard InChI is InChI=1S/C9H13N3O3S/c1-7-9(5-10-11-7)16(14,15)12-4-2-3-8(12)6-13/h5-6,8H,2-4H2,1H3,(H,10,11)/t8-/m0/s1. The fourth-order valence-corrected chi connectivity index (χ4v) is 3.68. The van der Waals surface area contributed by atoms with E-state index in [0.29, 0.717) is 24.9 Å². The van der Waals surface area contributed by atoms with E-state index in [1.807, 2.05) is 0 Å². The van der Waals surface area contributed by atoms with Gasteiger partial charge in [-0.3, -0.25) is 5.10 Å². The van der Waals surface area contributed by atoms with Crippen molar-refractivity contribution in [1.82, 2.24) is 14.5 Å². The minimum atomic E-state index is -3.58. The number of aromatic nitrogens is 2. The lowest BCUT2D eigenvalue weighted by atomic mass is 10.2. The highest BCUT2D eigenvalue weighted by molar-refractivity contribution is 7.89. The van der Waals surface area contributed by atoms with Crippen LogP contribution in [0.3, 0.4) is 0 Å². The first-order chi connectivity index (χ1) is 7.57. The number of carbonyl (C=O) groups is 1. The number of aryl methyl sites for hydroxylation is 1. The van der Waals surface area contributed by atoms with Crippen molar-refractivity contribution in [3.8, 4) is 0 Å². The second-order valence-electron chi connectivity index (χ2n) is 3.82. The van der Waals surface area contributed by atoms with E-state index in [0.717, 1.165) is 6.42 Å². The number of sulfonamides is 1. The van der Waals surface area contributed by atoms with E-state index in [-0.39, 0.29) is 4.90 Å². The quantitative estimate of drug-likeness (QED) is 0.761. The topological polar surface area (TPSA) is 83.1 Å². The molecule has 7 heteroatoms. The molecule has 1 aliphatic heterocycles. The fraction of sp³-hybridized carbons (Fsp3) is 0.556. The first-order valence-corrected chi connectivity index (χ1v) is 6.48. The van der Waals surface area contributed by atoms with Crippen LogP contribution in [0.4, 0.5) is 0 Å². The van der Waals surface area contributed by atoms with Gasteiger partial charge in [-0.1, -0.05) is 0 Å². The monoisotopic (exact) mass is 243 g/mol. The number of aldehydes is 1. The minimum Gasteiger partial charge on any atom is -0.302 e. The summed E-state index contributed by atoms with van der Waals surface area (Å²) >= 11 is 0. The normalized spacial score (nSPS) is 22.4. The molecule has 0 saturated carbocycles. The molecule has 16 heavy (non-hydrogen) atoms. The summed E-state index contributed by atoms with van der Waals surface area (Å²) < 4.78 is 25.6. The van der Waals surface area contributed by atoms with Crippen LogP contribution in [-0.4, -0.2) is 41.8 Å². The predicted molar refractivity (Wildman–Crippen MR) is 56.3 cm³/mol. The maximum Gasteiger partial charge on any atom is 0.247 e. The summed E-state index contributed by atoms with van der Waals surface area (Å²) in [6, 6.07) is -0.528. The van der Waals surface area contributed by atoms with Gasteiger partial charge in [-0.25, -0.2) is 8.42 Å². The first kappa shape index (κ1) is 11.3. The molecule has 1 atom stereocenters. The van der Waals surface area contributed by atoms with Crippen LogP contribution in [0.5, 0.6) is 0 Å². The van der Waals surface area contributed by atoms with Gasteiger partial charge in [0.1, 0.15) is 11.2 Å². The molecule has 0 unspecified atom stereocenters. The zero-order valence-corrected chi connectivity index (χ0v) is 9.70. The Morgan fingerprint density at radius 3 is 2.94 bits per heavy atom. The van der Waals surface area contributed by atoms with E-state index in [1.54, 1.807) is 6.92 Å². The lowest BCUT2D eigenvalue weighted by Gasteiger charge is -2.19. The highest BCUT2D eigenvalue weighted by atomic mass is 32.2. The maximum atomic E-state index is 12.2. The van der Waals surface area contributed by atoms with E-state index in [2.05, 4.69) is 10.2 Å². The van der Waals surface area contributed by atoms with Crippen LogP contribution < -0.4 is 0 Å². The molecule has 0 aliphatic carbocycles. The lowest BCUT2D eigenvalue weighted by Crippen LogP contribution is -2.36. The Bertz CT molecular complexity index is 494. The van der Waals surface area contributed by atoms with E-state index >= 15 is 0 Å². The number of rotatable bonds is 3. The molecule has 2 heterocycles. The number of hydrogen-bond donors (Lipinski definition) is 1. The van der Waals surface area contributed by atoms with E-state index in [1.165, 1.54) is 10.5 Å². The van der Waals surface area contributed by atoms with Crippen LogP contribution in [0.15, 0.2) is 11.1 Å². The van der Waals surface area contributed by atoms with Gasteiger partial charge >= 0.3 is 0 Å². The van der Waals surface area contributed by atoms with Crippen molar-refractivity contribution in [2.24, 2.45) is 0 Å². The Balaban J connectivity index is 2.40. The molecule has 0 bridgehead atoms. The van der Waals surface area contributed by atoms with Crippen molar-refractivity contribution in [1.29, 1.82) is 0 Å². The van der Waals surface area contributed by atoms with Crippen LogP contribution >= 0.6 is 0 Å². The van der Waals surface area contributed by atoms with Crippen LogP contribution in [0.25, 0.3) is 0 Å². The summed E-state index contributed by atoms with van der Waals surface area (Å²) in [5.41, 5.74) is 0.497. The third kappa shape index (κ3) is 1.65. The second-order valence-corrected chi connectivity index (χ2v) is 5.68. The fourth-order valence-electron chi connectivity index (χ4n) is 1.93. The van der Waals surface area contributed by atoms with E-state index in [9.17, 15) is 13.2 Å². The van der Waals surface area contributed by atoms with Gasteiger partial charge in [-0.2, -0.15) is 9.40 Å². The highest BCUT2D eigenvalue weighted by Gasteiger charge is 2.36. The minimum absolute atomic E-state index is 0.154. The van der Waals surface area contributed by atoms with Crippen molar-refractivity contribution in [2.45, 2.75) is 30.7 Å². The molecule has 1 N–H and O–H groups in total. The van der Waals surface area contributed by atoms with Crippen molar-refractivity contribution < 1.29 is 13.2 Å². The highest BCUT2D eigenvalue weighted by Crippen LogP contribution is 2.25. The number of nitrogens with zero attached hydrogens (tertiary/aromatic N) is 2. The molecule has 1 aromatic heterocycles. The number of carbonyl (C=O) groups excluding carboxylic acids is 1. The summed E-state index contributed by atoms with van der Waals surface area (Å²) in [6.07, 6.45) is 3.30. The lowest BCUT2D eigenvalue weighted by molar-refractivity contribution is -0.110. The maximum absolute atomic E-state index is 12.2. The van der Waals surface area contributed by atoms with Crippen molar-refractivity contribution >= 4 is 16.3 Å². The predicted octanol–water partition coefficient (Wildman–Crippen LogP) is 0.0701. The van der Waals surface area contributed by atoms with Crippen LogP contribution in [0.2, 0.25) is 0 Å². The summed E-state index contributed by atoms with van der Waals surface area (Å²) in [4.78, 5) is 10.9. The summed E-state index contributed by atoms with van der Waals surface area (Å²) in [7, 11) is -3.58. The van der Waals surface area contributed by atoms with Crippen LogP contribution in [0, 0.1) is 6.92 Å². The summed E-state index contributed by atoms with van der Waals surface area (Å²) in [6.45, 7) is 2.04. The number of H-pyrrole nitrogens is 1. The average molecular weight is 243 g/mol. The Labute approximate surface area is 93.7 Å². The molecule has 0 spiro atoms. The van der Waals surface area contributed by atoms with Crippen LogP contribution in [-0.2, 0) is 14.8 Å². The van der Waals surface area contributed by atoms with Gasteiger partial charge in [-0.05, 0) is 19.8 Å². The third-order valence-corrected chi connectivity index (χ3v) is 4.81.